The molecule has 2 saturated carbocycles. The smallest absolute Gasteiger partial charge is 0.352 e. The van der Waals surface area contributed by atoms with E-state index in [0.717, 1.165) is 13.0 Å². The van der Waals surface area contributed by atoms with Crippen molar-refractivity contribution in [1.82, 2.24) is 10.2 Å². The first-order chi connectivity index (χ1) is 9.92. The predicted molar refractivity (Wildman–Crippen MR) is 74.1 cm³/mol. The van der Waals surface area contributed by atoms with E-state index in [2.05, 4.69) is 10.2 Å². The number of hydrogen-bond donors (Lipinski definition) is 2. The van der Waals surface area contributed by atoms with Crippen molar-refractivity contribution in [2.75, 3.05) is 13.1 Å². The van der Waals surface area contributed by atoms with E-state index in [4.69, 9.17) is 0 Å². The van der Waals surface area contributed by atoms with E-state index in [0.29, 0.717) is 19.0 Å². The molecular weight excluding hydrogens is 278 g/mol. The SMILES string of the molecule is O=C(NC1CCN(C2CCCC2)C1)C(F)(F)C1(O)CCC1. The van der Waals surface area contributed by atoms with Crippen molar-refractivity contribution < 1.29 is 18.7 Å². The molecule has 3 rings (SSSR count). The molecular formula is C15H24F2N2O2. The molecule has 3 fully saturated rings. The Morgan fingerprint density at radius 2 is 1.86 bits per heavy atom. The van der Waals surface area contributed by atoms with Crippen LogP contribution in [0.5, 0.6) is 0 Å². The van der Waals surface area contributed by atoms with Crippen LogP contribution in [-0.4, -0.2) is 52.6 Å². The summed E-state index contributed by atoms with van der Waals surface area (Å²) >= 11 is 0. The molecule has 1 unspecified atom stereocenters. The lowest BCUT2D eigenvalue weighted by Gasteiger charge is -2.41. The largest absolute Gasteiger partial charge is 0.383 e. The molecule has 0 aromatic rings. The summed E-state index contributed by atoms with van der Waals surface area (Å²) in [4.78, 5) is 14.2. The van der Waals surface area contributed by atoms with Crippen molar-refractivity contribution in [3.63, 3.8) is 0 Å². The molecule has 120 valence electrons. The second-order valence-corrected chi connectivity index (χ2v) is 6.85. The zero-order valence-corrected chi connectivity index (χ0v) is 12.3. The first-order valence-corrected chi connectivity index (χ1v) is 8.08. The summed E-state index contributed by atoms with van der Waals surface area (Å²) in [6.07, 6.45) is 6.12. The van der Waals surface area contributed by atoms with Gasteiger partial charge in [-0.05, 0) is 38.5 Å². The maximum atomic E-state index is 14.0. The predicted octanol–water partition coefficient (Wildman–Crippen LogP) is 1.67. The number of carbonyl (C=O) groups is 1. The lowest BCUT2D eigenvalue weighted by molar-refractivity contribution is -0.216. The number of rotatable bonds is 4. The van der Waals surface area contributed by atoms with Crippen LogP contribution >= 0.6 is 0 Å². The van der Waals surface area contributed by atoms with Crippen LogP contribution < -0.4 is 5.32 Å². The van der Waals surface area contributed by atoms with Gasteiger partial charge in [0.05, 0.1) is 0 Å². The zero-order valence-electron chi connectivity index (χ0n) is 12.3. The monoisotopic (exact) mass is 302 g/mol. The highest BCUT2D eigenvalue weighted by Crippen LogP contribution is 2.44. The highest BCUT2D eigenvalue weighted by atomic mass is 19.3. The lowest BCUT2D eigenvalue weighted by atomic mass is 9.75. The number of amides is 1. The van der Waals surface area contributed by atoms with Crippen molar-refractivity contribution in [1.29, 1.82) is 0 Å². The van der Waals surface area contributed by atoms with Crippen LogP contribution in [0.3, 0.4) is 0 Å². The van der Waals surface area contributed by atoms with Crippen LogP contribution in [-0.2, 0) is 4.79 Å². The van der Waals surface area contributed by atoms with Gasteiger partial charge >= 0.3 is 5.92 Å². The molecule has 0 aromatic heterocycles. The minimum absolute atomic E-state index is 0.00624. The Bertz CT molecular complexity index is 406. The maximum absolute atomic E-state index is 14.0. The summed E-state index contributed by atoms with van der Waals surface area (Å²) in [7, 11) is 0. The quantitative estimate of drug-likeness (QED) is 0.830. The Morgan fingerprint density at radius 1 is 1.19 bits per heavy atom. The Morgan fingerprint density at radius 3 is 2.43 bits per heavy atom. The first-order valence-electron chi connectivity index (χ1n) is 8.08. The molecule has 1 saturated heterocycles. The third kappa shape index (κ3) is 2.68. The summed E-state index contributed by atoms with van der Waals surface area (Å²) in [5.41, 5.74) is -2.12. The minimum Gasteiger partial charge on any atom is -0.383 e. The fraction of sp³-hybridized carbons (Fsp3) is 0.933. The first kappa shape index (κ1) is 15.2. The molecule has 0 aromatic carbocycles. The number of nitrogens with one attached hydrogen (secondary N) is 1. The van der Waals surface area contributed by atoms with Crippen LogP contribution in [0.25, 0.3) is 0 Å². The fourth-order valence-electron chi connectivity index (χ4n) is 3.82. The van der Waals surface area contributed by atoms with E-state index in [-0.39, 0.29) is 18.9 Å². The van der Waals surface area contributed by atoms with Gasteiger partial charge in [0.25, 0.3) is 5.91 Å². The highest BCUT2D eigenvalue weighted by molar-refractivity contribution is 5.85. The normalized spacial score (nSPS) is 30.3. The van der Waals surface area contributed by atoms with E-state index in [1.54, 1.807) is 0 Å². The van der Waals surface area contributed by atoms with Crippen molar-refractivity contribution in [2.24, 2.45) is 0 Å². The molecule has 1 heterocycles. The van der Waals surface area contributed by atoms with Crippen molar-refractivity contribution in [3.05, 3.63) is 0 Å². The maximum Gasteiger partial charge on any atom is 0.352 e. The topological polar surface area (TPSA) is 52.6 Å². The average Bonchev–Trinajstić information content (AvgIpc) is 3.05. The lowest BCUT2D eigenvalue weighted by Crippen LogP contribution is -2.62. The van der Waals surface area contributed by atoms with Crippen molar-refractivity contribution in [3.8, 4) is 0 Å². The molecule has 1 amide bonds. The van der Waals surface area contributed by atoms with Gasteiger partial charge in [-0.15, -0.1) is 0 Å². The van der Waals surface area contributed by atoms with Crippen molar-refractivity contribution >= 4 is 5.91 Å². The number of nitrogens with zero attached hydrogens (tertiary/aromatic N) is 1. The molecule has 3 aliphatic rings. The van der Waals surface area contributed by atoms with E-state index in [1.165, 1.54) is 25.7 Å². The number of halogens is 2. The van der Waals surface area contributed by atoms with Gasteiger partial charge in [0.1, 0.15) is 5.60 Å². The number of likely N-dealkylation sites (tertiary alicyclic amines) is 1. The van der Waals surface area contributed by atoms with Gasteiger partial charge in [-0.25, -0.2) is 0 Å². The molecule has 0 spiro atoms. The molecule has 2 aliphatic carbocycles. The van der Waals surface area contributed by atoms with Gasteiger partial charge in [0, 0.05) is 25.2 Å². The molecule has 1 aliphatic heterocycles. The second kappa shape index (κ2) is 5.47. The fourth-order valence-corrected chi connectivity index (χ4v) is 3.82. The summed E-state index contributed by atoms with van der Waals surface area (Å²) in [6, 6.07) is 0.343. The van der Waals surface area contributed by atoms with Gasteiger partial charge < -0.3 is 10.4 Å². The van der Waals surface area contributed by atoms with Crippen LogP contribution in [0.15, 0.2) is 0 Å². The van der Waals surface area contributed by atoms with Gasteiger partial charge in [-0.1, -0.05) is 12.8 Å². The third-order valence-electron chi connectivity index (χ3n) is 5.45. The van der Waals surface area contributed by atoms with E-state index in [1.807, 2.05) is 0 Å². The zero-order chi connectivity index (χ0) is 15.1. The average molecular weight is 302 g/mol. The number of hydrogen-bond acceptors (Lipinski definition) is 3. The Hall–Kier alpha value is -0.750. The van der Waals surface area contributed by atoms with Crippen LogP contribution in [0.4, 0.5) is 8.78 Å². The van der Waals surface area contributed by atoms with Gasteiger partial charge in [0.2, 0.25) is 0 Å². The van der Waals surface area contributed by atoms with Crippen molar-refractivity contribution in [2.45, 2.75) is 75.0 Å². The summed E-state index contributed by atoms with van der Waals surface area (Å²) < 4.78 is 28.0. The summed E-state index contributed by atoms with van der Waals surface area (Å²) in [5.74, 6) is -4.98. The Kier molecular flexibility index (Phi) is 3.94. The molecule has 6 heteroatoms. The Labute approximate surface area is 123 Å². The van der Waals surface area contributed by atoms with Gasteiger partial charge in [0.15, 0.2) is 0 Å². The summed E-state index contributed by atoms with van der Waals surface area (Å²) in [5, 5.41) is 12.2. The molecule has 1 atom stereocenters. The van der Waals surface area contributed by atoms with Gasteiger partial charge in [-0.3, -0.25) is 9.69 Å². The third-order valence-corrected chi connectivity index (χ3v) is 5.45. The molecule has 21 heavy (non-hydrogen) atoms. The minimum atomic E-state index is -3.67. The molecule has 2 N–H and O–H groups in total. The van der Waals surface area contributed by atoms with E-state index in [9.17, 15) is 18.7 Å². The molecule has 0 bridgehead atoms. The van der Waals surface area contributed by atoms with E-state index >= 15 is 0 Å². The second-order valence-electron chi connectivity index (χ2n) is 6.85. The molecule has 0 radical (unpaired) electrons. The summed E-state index contributed by atoms with van der Waals surface area (Å²) in [6.45, 7) is 1.52. The standard InChI is InChI=1S/C15H24F2N2O2/c16-15(17,14(21)7-3-8-14)13(20)18-11-6-9-19(10-11)12-4-1-2-5-12/h11-12,21H,1-10H2,(H,18,20). The van der Waals surface area contributed by atoms with Crippen LogP contribution in [0, 0.1) is 0 Å². The van der Waals surface area contributed by atoms with E-state index < -0.39 is 17.4 Å². The van der Waals surface area contributed by atoms with Crippen LogP contribution in [0.1, 0.15) is 51.4 Å². The molecule has 4 nitrogen and oxygen atoms in total. The van der Waals surface area contributed by atoms with Crippen LogP contribution in [0.2, 0.25) is 0 Å². The Balaban J connectivity index is 1.53. The number of aliphatic hydroxyl groups is 1. The highest BCUT2D eigenvalue weighted by Gasteiger charge is 2.61. The van der Waals surface area contributed by atoms with Gasteiger partial charge in [-0.2, -0.15) is 8.78 Å². The number of alkyl halides is 2. The number of carbonyl (C=O) groups excluding carboxylic acids is 1.